The number of halogens is 1. The van der Waals surface area contributed by atoms with Gasteiger partial charge in [0.1, 0.15) is 5.82 Å². The Morgan fingerprint density at radius 2 is 1.71 bits per heavy atom. The largest absolute Gasteiger partial charge is 0.478 e. The second kappa shape index (κ2) is 9.49. The van der Waals surface area contributed by atoms with Crippen molar-refractivity contribution in [3.05, 3.63) is 41.8 Å². The number of amides is 1. The molecule has 0 bridgehead atoms. The highest BCUT2D eigenvalue weighted by molar-refractivity contribution is 5.81. The maximum absolute atomic E-state index is 13.8. The summed E-state index contributed by atoms with van der Waals surface area (Å²) >= 11 is 0. The molecule has 0 N–H and O–H groups in total. The molecule has 2 aliphatic heterocycles. The number of ether oxygens (including phenoxy) is 1. The molecule has 3 heterocycles. The number of piperidine rings is 1. The van der Waals surface area contributed by atoms with Crippen molar-refractivity contribution < 1.29 is 13.9 Å². The third kappa shape index (κ3) is 5.06. The molecule has 1 aromatic carbocycles. The van der Waals surface area contributed by atoms with Crippen LogP contribution in [0, 0.1) is 12.7 Å². The average Bonchev–Trinajstić information content (AvgIpc) is 2.80. The molecule has 1 unspecified atom stereocenters. The Balaban J connectivity index is 1.36. The van der Waals surface area contributed by atoms with Crippen molar-refractivity contribution in [3.63, 3.8) is 0 Å². The summed E-state index contributed by atoms with van der Waals surface area (Å²) in [6.07, 6.45) is 2.89. The van der Waals surface area contributed by atoms with Gasteiger partial charge in [0.05, 0.1) is 0 Å². The predicted octanol–water partition coefficient (Wildman–Crippen LogP) is 3.03. The highest BCUT2D eigenvalue weighted by Crippen LogP contribution is 2.22. The van der Waals surface area contributed by atoms with Gasteiger partial charge in [-0.25, -0.2) is 9.37 Å². The summed E-state index contributed by atoms with van der Waals surface area (Å²) in [5.74, 6) is 1.23. The van der Waals surface area contributed by atoms with E-state index in [0.717, 1.165) is 30.5 Å². The van der Waals surface area contributed by atoms with E-state index < -0.39 is 11.9 Å². The van der Waals surface area contributed by atoms with Gasteiger partial charge in [0.2, 0.25) is 5.95 Å². The summed E-state index contributed by atoms with van der Waals surface area (Å²) in [7, 11) is 0. The number of aryl methyl sites for hydroxylation is 1. The van der Waals surface area contributed by atoms with Crippen LogP contribution in [0.4, 0.5) is 16.2 Å². The molecule has 0 radical (unpaired) electrons. The van der Waals surface area contributed by atoms with Crippen molar-refractivity contribution in [2.75, 3.05) is 49.1 Å². The zero-order chi connectivity index (χ0) is 21.8. The van der Waals surface area contributed by atoms with Crippen LogP contribution in [0.2, 0.25) is 0 Å². The van der Waals surface area contributed by atoms with Crippen LogP contribution < -0.4 is 14.5 Å². The summed E-state index contributed by atoms with van der Waals surface area (Å²) in [6, 6.07) is 8.16. The van der Waals surface area contributed by atoms with Gasteiger partial charge in [-0.2, -0.15) is 4.98 Å². The Hall–Kier alpha value is -2.90. The molecule has 2 fully saturated rings. The molecule has 0 saturated carbocycles. The van der Waals surface area contributed by atoms with Gasteiger partial charge in [0, 0.05) is 51.0 Å². The van der Waals surface area contributed by atoms with E-state index in [1.165, 1.54) is 31.4 Å². The van der Waals surface area contributed by atoms with Gasteiger partial charge in [-0.15, -0.1) is 0 Å². The Bertz CT molecular complexity index is 911. The van der Waals surface area contributed by atoms with Crippen LogP contribution in [0.25, 0.3) is 0 Å². The summed E-state index contributed by atoms with van der Waals surface area (Å²) in [6.45, 7) is 8.20. The molecule has 7 nitrogen and oxygen atoms in total. The predicted molar refractivity (Wildman–Crippen MR) is 118 cm³/mol. The first-order valence-corrected chi connectivity index (χ1v) is 11.1. The smallest absolute Gasteiger partial charge is 0.263 e. The number of carbonyl (C=O) groups excluding carboxylic acids is 1. The fourth-order valence-corrected chi connectivity index (χ4v) is 4.13. The SMILES string of the molecule is Cc1cc(N2CCN(C(=O)C(C)Oc3ccccc3F)CC2)nc(N2CCCCC2)n1. The number of nitrogens with zero attached hydrogens (tertiary/aromatic N) is 5. The van der Waals surface area contributed by atoms with Gasteiger partial charge < -0.3 is 19.4 Å². The highest BCUT2D eigenvalue weighted by atomic mass is 19.1. The van der Waals surface area contributed by atoms with Crippen LogP contribution in [0.3, 0.4) is 0 Å². The van der Waals surface area contributed by atoms with E-state index in [2.05, 4.69) is 14.8 Å². The monoisotopic (exact) mass is 427 g/mol. The van der Waals surface area contributed by atoms with Gasteiger partial charge in [-0.3, -0.25) is 4.79 Å². The van der Waals surface area contributed by atoms with Crippen LogP contribution in [0.15, 0.2) is 30.3 Å². The lowest BCUT2D eigenvalue weighted by Gasteiger charge is -2.37. The molecule has 0 spiro atoms. The van der Waals surface area contributed by atoms with Crippen molar-refractivity contribution in [1.29, 1.82) is 0 Å². The molecule has 8 heteroatoms. The minimum Gasteiger partial charge on any atom is -0.478 e. The zero-order valence-corrected chi connectivity index (χ0v) is 18.3. The van der Waals surface area contributed by atoms with E-state index in [0.29, 0.717) is 26.2 Å². The van der Waals surface area contributed by atoms with E-state index >= 15 is 0 Å². The van der Waals surface area contributed by atoms with E-state index in [1.54, 1.807) is 24.0 Å². The molecule has 0 aliphatic carbocycles. The fourth-order valence-electron chi connectivity index (χ4n) is 4.13. The summed E-state index contributed by atoms with van der Waals surface area (Å²) in [5.41, 5.74) is 0.955. The summed E-state index contributed by atoms with van der Waals surface area (Å²) in [4.78, 5) is 28.5. The lowest BCUT2D eigenvalue weighted by Crippen LogP contribution is -2.52. The fraction of sp³-hybridized carbons (Fsp3) is 0.522. The highest BCUT2D eigenvalue weighted by Gasteiger charge is 2.27. The van der Waals surface area contributed by atoms with Crippen molar-refractivity contribution in [2.24, 2.45) is 0 Å². The number of para-hydroxylation sites is 1. The Morgan fingerprint density at radius 3 is 2.42 bits per heavy atom. The first-order valence-electron chi connectivity index (χ1n) is 11.1. The van der Waals surface area contributed by atoms with E-state index in [9.17, 15) is 9.18 Å². The van der Waals surface area contributed by atoms with Gasteiger partial charge in [0.25, 0.3) is 5.91 Å². The third-order valence-electron chi connectivity index (χ3n) is 5.87. The standard InChI is InChI=1S/C23H30FN5O2/c1-17-16-21(26-23(25-17)29-10-6-3-7-11-29)27-12-14-28(15-13-27)22(30)18(2)31-20-9-5-4-8-19(20)24/h4-5,8-9,16,18H,3,6-7,10-15H2,1-2H3. The van der Waals surface area contributed by atoms with Crippen molar-refractivity contribution >= 4 is 17.7 Å². The molecule has 166 valence electrons. The number of aromatic nitrogens is 2. The Kier molecular flexibility index (Phi) is 6.53. The molecule has 31 heavy (non-hydrogen) atoms. The molecular weight excluding hydrogens is 397 g/mol. The van der Waals surface area contributed by atoms with Crippen LogP contribution in [0.1, 0.15) is 31.9 Å². The van der Waals surface area contributed by atoms with Crippen LogP contribution in [-0.2, 0) is 4.79 Å². The number of piperazine rings is 1. The van der Waals surface area contributed by atoms with E-state index in [1.807, 2.05) is 13.0 Å². The van der Waals surface area contributed by atoms with Crippen LogP contribution >= 0.6 is 0 Å². The topological polar surface area (TPSA) is 61.8 Å². The maximum Gasteiger partial charge on any atom is 0.263 e. The molecule has 4 rings (SSSR count). The molecule has 1 amide bonds. The maximum atomic E-state index is 13.8. The number of rotatable bonds is 5. The Labute approximate surface area is 182 Å². The first kappa shape index (κ1) is 21.3. The average molecular weight is 428 g/mol. The van der Waals surface area contributed by atoms with Gasteiger partial charge in [-0.1, -0.05) is 12.1 Å². The van der Waals surface area contributed by atoms with Crippen molar-refractivity contribution in [1.82, 2.24) is 14.9 Å². The third-order valence-corrected chi connectivity index (χ3v) is 5.87. The van der Waals surface area contributed by atoms with Crippen molar-refractivity contribution in [2.45, 2.75) is 39.2 Å². The molecule has 2 saturated heterocycles. The van der Waals surface area contributed by atoms with Gasteiger partial charge in [-0.05, 0) is 45.2 Å². The van der Waals surface area contributed by atoms with Crippen LogP contribution in [-0.4, -0.2) is 66.1 Å². The second-order valence-corrected chi connectivity index (χ2v) is 8.22. The Morgan fingerprint density at radius 1 is 1.00 bits per heavy atom. The van der Waals surface area contributed by atoms with Crippen molar-refractivity contribution in [3.8, 4) is 5.75 Å². The van der Waals surface area contributed by atoms with E-state index in [4.69, 9.17) is 9.72 Å². The van der Waals surface area contributed by atoms with Gasteiger partial charge >= 0.3 is 0 Å². The number of hydrogen-bond donors (Lipinski definition) is 0. The molecule has 1 aromatic heterocycles. The lowest BCUT2D eigenvalue weighted by atomic mass is 10.1. The van der Waals surface area contributed by atoms with E-state index in [-0.39, 0.29) is 11.7 Å². The minimum atomic E-state index is -0.740. The summed E-state index contributed by atoms with van der Waals surface area (Å²) in [5, 5.41) is 0. The second-order valence-electron chi connectivity index (χ2n) is 8.22. The molecule has 1 atom stereocenters. The lowest BCUT2D eigenvalue weighted by molar-refractivity contribution is -0.138. The number of anilines is 2. The molecule has 2 aliphatic rings. The summed E-state index contributed by atoms with van der Waals surface area (Å²) < 4.78 is 19.4. The minimum absolute atomic E-state index is 0.101. The zero-order valence-electron chi connectivity index (χ0n) is 18.3. The molecule has 2 aromatic rings. The quantitative estimate of drug-likeness (QED) is 0.731. The first-order chi connectivity index (χ1) is 15.0. The van der Waals surface area contributed by atoms with Crippen LogP contribution in [0.5, 0.6) is 5.75 Å². The number of benzene rings is 1. The molecular formula is C23H30FN5O2. The number of hydrogen-bond acceptors (Lipinski definition) is 6. The normalized spacial score (nSPS) is 18.1. The number of carbonyl (C=O) groups is 1. The van der Waals surface area contributed by atoms with Gasteiger partial charge in [0.15, 0.2) is 17.7 Å².